The Labute approximate surface area is 168 Å². The van der Waals surface area contributed by atoms with Crippen molar-refractivity contribution in [3.63, 3.8) is 0 Å². The van der Waals surface area contributed by atoms with Crippen LogP contribution in [-0.2, 0) is 11.3 Å². The first kappa shape index (κ1) is 19.4. The summed E-state index contributed by atoms with van der Waals surface area (Å²) >= 11 is 6.48. The van der Waals surface area contributed by atoms with E-state index < -0.39 is 6.10 Å². The van der Waals surface area contributed by atoms with Crippen molar-refractivity contribution in [3.8, 4) is 0 Å². The molecule has 0 bridgehead atoms. The van der Waals surface area contributed by atoms with Crippen molar-refractivity contribution in [3.05, 3.63) is 33.8 Å². The minimum absolute atomic E-state index is 0.0574. The molecule has 2 aromatic rings. The number of nitrogens with one attached hydrogen (secondary N) is 1. The molecule has 2 fully saturated rings. The summed E-state index contributed by atoms with van der Waals surface area (Å²) in [7, 11) is 0. The molecular formula is C20H25ClN4O3. The van der Waals surface area contributed by atoms with E-state index in [0.29, 0.717) is 28.9 Å². The van der Waals surface area contributed by atoms with Gasteiger partial charge in [0.05, 0.1) is 40.6 Å². The van der Waals surface area contributed by atoms with Gasteiger partial charge in [0.25, 0.3) is 5.56 Å². The van der Waals surface area contributed by atoms with E-state index in [2.05, 4.69) is 15.2 Å². The minimum atomic E-state index is -0.512. The third kappa shape index (κ3) is 3.92. The van der Waals surface area contributed by atoms with Crippen molar-refractivity contribution in [2.75, 3.05) is 24.5 Å². The number of aliphatic hydroxyl groups is 1. The first-order valence-corrected chi connectivity index (χ1v) is 10.3. The predicted octanol–water partition coefficient (Wildman–Crippen LogP) is 1.72. The van der Waals surface area contributed by atoms with Gasteiger partial charge in [0.2, 0.25) is 0 Å². The van der Waals surface area contributed by atoms with Gasteiger partial charge in [-0.2, -0.15) is 0 Å². The minimum Gasteiger partial charge on any atom is -0.391 e. The number of aromatic nitrogens is 2. The zero-order chi connectivity index (χ0) is 19.7. The molecule has 0 amide bonds. The maximum atomic E-state index is 12.8. The molecule has 2 N–H and O–H groups in total. The number of piperidine rings is 1. The number of Topliss-reactive ketones (excluding diaryl/α,β-unsaturated/α-hetero) is 1. The summed E-state index contributed by atoms with van der Waals surface area (Å²) < 4.78 is 1.32. The molecule has 0 aliphatic carbocycles. The summed E-state index contributed by atoms with van der Waals surface area (Å²) in [5, 5.41) is 13.9. The van der Waals surface area contributed by atoms with E-state index in [1.54, 1.807) is 6.07 Å². The molecule has 3 heterocycles. The second kappa shape index (κ2) is 8.19. The monoisotopic (exact) mass is 404 g/mol. The van der Waals surface area contributed by atoms with Gasteiger partial charge >= 0.3 is 0 Å². The summed E-state index contributed by atoms with van der Waals surface area (Å²) in [6, 6.07) is 3.30. The van der Waals surface area contributed by atoms with E-state index in [4.69, 9.17) is 11.6 Å². The van der Waals surface area contributed by atoms with Crippen molar-refractivity contribution < 1.29 is 9.90 Å². The highest BCUT2D eigenvalue weighted by Crippen LogP contribution is 2.31. The molecular weight excluding hydrogens is 380 g/mol. The predicted molar refractivity (Wildman–Crippen MR) is 109 cm³/mol. The first-order chi connectivity index (χ1) is 13.5. The van der Waals surface area contributed by atoms with Gasteiger partial charge in [-0.15, -0.1) is 0 Å². The molecule has 2 atom stereocenters. The van der Waals surface area contributed by atoms with Gasteiger partial charge in [-0.25, -0.2) is 4.98 Å². The van der Waals surface area contributed by atoms with Crippen LogP contribution < -0.4 is 15.8 Å². The Bertz CT molecular complexity index is 939. The molecule has 1 aromatic carbocycles. The van der Waals surface area contributed by atoms with E-state index in [1.807, 2.05) is 6.07 Å². The standard InChI is InChI=1S/C20H25ClN4O3/c21-15-9-14-16(10-18(15)24-6-2-1-3-7-24)23-12-25(20(14)28)11-13(26)8-17-19(27)4-5-22-17/h9-10,12,17,19,22,27H,1-8,11H2/t17-,19+/m1/s1. The van der Waals surface area contributed by atoms with Crippen LogP contribution in [0, 0.1) is 0 Å². The highest BCUT2D eigenvalue weighted by atomic mass is 35.5. The molecule has 7 nitrogen and oxygen atoms in total. The Morgan fingerprint density at radius 1 is 1.29 bits per heavy atom. The number of ketones is 1. The van der Waals surface area contributed by atoms with E-state index in [-0.39, 0.29) is 30.3 Å². The van der Waals surface area contributed by atoms with Gasteiger partial charge in [0.1, 0.15) is 0 Å². The number of halogens is 1. The quantitative estimate of drug-likeness (QED) is 0.789. The number of benzene rings is 1. The summed E-state index contributed by atoms with van der Waals surface area (Å²) in [5.74, 6) is -0.113. The van der Waals surface area contributed by atoms with Crippen molar-refractivity contribution in [1.29, 1.82) is 0 Å². The fourth-order valence-electron chi connectivity index (χ4n) is 4.12. The molecule has 4 rings (SSSR count). The first-order valence-electron chi connectivity index (χ1n) is 9.90. The van der Waals surface area contributed by atoms with Crippen LogP contribution in [0.5, 0.6) is 0 Å². The van der Waals surface area contributed by atoms with Crippen LogP contribution in [0.3, 0.4) is 0 Å². The molecule has 0 radical (unpaired) electrons. The number of nitrogens with zero attached hydrogens (tertiary/aromatic N) is 3. The number of rotatable bonds is 5. The zero-order valence-electron chi connectivity index (χ0n) is 15.7. The largest absolute Gasteiger partial charge is 0.391 e. The van der Waals surface area contributed by atoms with Gasteiger partial charge in [-0.3, -0.25) is 14.2 Å². The topological polar surface area (TPSA) is 87.5 Å². The summed E-state index contributed by atoms with van der Waals surface area (Å²) in [6.45, 7) is 2.56. The van der Waals surface area contributed by atoms with Crippen molar-refractivity contribution >= 4 is 34.0 Å². The maximum Gasteiger partial charge on any atom is 0.261 e. The van der Waals surface area contributed by atoms with Gasteiger partial charge < -0.3 is 15.3 Å². The molecule has 2 aliphatic heterocycles. The van der Waals surface area contributed by atoms with Crippen LogP contribution in [0.25, 0.3) is 10.9 Å². The van der Waals surface area contributed by atoms with Crippen molar-refractivity contribution in [1.82, 2.24) is 14.9 Å². The lowest BCUT2D eigenvalue weighted by Gasteiger charge is -2.29. The SMILES string of the molecule is O=C(C[C@H]1NCC[C@@H]1O)Cn1cnc2cc(N3CCCCC3)c(Cl)cc2c1=O. The number of hydrogen-bond donors (Lipinski definition) is 2. The molecule has 8 heteroatoms. The van der Waals surface area contributed by atoms with Crippen LogP contribution in [0.4, 0.5) is 5.69 Å². The molecule has 28 heavy (non-hydrogen) atoms. The summed E-state index contributed by atoms with van der Waals surface area (Å²) in [5.41, 5.74) is 1.23. The van der Waals surface area contributed by atoms with Crippen molar-refractivity contribution in [2.45, 2.75) is 50.8 Å². The Kier molecular flexibility index (Phi) is 5.66. The lowest BCUT2D eigenvalue weighted by molar-refractivity contribution is -0.120. The molecule has 1 aromatic heterocycles. The van der Waals surface area contributed by atoms with Gasteiger partial charge in [-0.05, 0) is 44.4 Å². The third-order valence-electron chi connectivity index (χ3n) is 5.69. The highest BCUT2D eigenvalue weighted by Gasteiger charge is 2.27. The van der Waals surface area contributed by atoms with E-state index in [1.165, 1.54) is 17.3 Å². The number of hydrogen-bond acceptors (Lipinski definition) is 6. The fraction of sp³-hybridized carbons (Fsp3) is 0.550. The molecule has 2 saturated heterocycles. The fourth-order valence-corrected chi connectivity index (χ4v) is 4.40. The molecule has 0 unspecified atom stereocenters. The van der Waals surface area contributed by atoms with Crippen LogP contribution in [0.2, 0.25) is 5.02 Å². The van der Waals surface area contributed by atoms with E-state index >= 15 is 0 Å². The maximum absolute atomic E-state index is 12.8. The zero-order valence-corrected chi connectivity index (χ0v) is 16.5. The smallest absolute Gasteiger partial charge is 0.261 e. The third-order valence-corrected chi connectivity index (χ3v) is 6.00. The Morgan fingerprint density at radius 3 is 2.79 bits per heavy atom. The van der Waals surface area contributed by atoms with Gasteiger partial charge in [0, 0.05) is 25.6 Å². The average Bonchev–Trinajstić information content (AvgIpc) is 3.09. The molecule has 150 valence electrons. The van der Waals surface area contributed by atoms with Gasteiger partial charge in [0.15, 0.2) is 5.78 Å². The average molecular weight is 405 g/mol. The number of anilines is 1. The van der Waals surface area contributed by atoms with Crippen molar-refractivity contribution in [2.24, 2.45) is 0 Å². The van der Waals surface area contributed by atoms with E-state index in [9.17, 15) is 14.7 Å². The van der Waals surface area contributed by atoms with E-state index in [0.717, 1.165) is 31.6 Å². The summed E-state index contributed by atoms with van der Waals surface area (Å²) in [4.78, 5) is 31.8. The Balaban J connectivity index is 1.56. The summed E-state index contributed by atoms with van der Waals surface area (Å²) in [6.07, 6.45) is 5.25. The lowest BCUT2D eigenvalue weighted by Crippen LogP contribution is -2.34. The number of carbonyl (C=O) groups is 1. The van der Waals surface area contributed by atoms with Crippen LogP contribution in [0.1, 0.15) is 32.1 Å². The van der Waals surface area contributed by atoms with Crippen LogP contribution >= 0.6 is 11.6 Å². The van der Waals surface area contributed by atoms with Gasteiger partial charge in [-0.1, -0.05) is 11.6 Å². The highest BCUT2D eigenvalue weighted by molar-refractivity contribution is 6.34. The number of aliphatic hydroxyl groups excluding tert-OH is 1. The Morgan fingerprint density at radius 2 is 2.07 bits per heavy atom. The second-order valence-electron chi connectivity index (χ2n) is 7.71. The van der Waals surface area contributed by atoms with Crippen LogP contribution in [0.15, 0.2) is 23.3 Å². The number of carbonyl (C=O) groups excluding carboxylic acids is 1. The normalized spacial score (nSPS) is 22.7. The second-order valence-corrected chi connectivity index (χ2v) is 8.11. The Hall–Kier alpha value is -1.96. The lowest BCUT2D eigenvalue weighted by atomic mass is 10.1. The molecule has 0 spiro atoms. The number of fused-ring (bicyclic) bond motifs is 1. The van der Waals surface area contributed by atoms with Crippen LogP contribution in [-0.4, -0.2) is 52.2 Å². The molecule has 0 saturated carbocycles. The molecule has 2 aliphatic rings.